The van der Waals surface area contributed by atoms with E-state index in [1.165, 1.54) is 0 Å². The molecule has 0 aliphatic rings. The van der Waals surface area contributed by atoms with E-state index in [-0.39, 0.29) is 11.9 Å². The molecular formula is C26H32N4O3. The first-order chi connectivity index (χ1) is 16.1. The highest BCUT2D eigenvalue weighted by atomic mass is 16.3. The van der Waals surface area contributed by atoms with E-state index >= 15 is 0 Å². The molecule has 0 aliphatic carbocycles. The number of nitrogens with zero attached hydrogens (tertiary/aromatic N) is 1. The summed E-state index contributed by atoms with van der Waals surface area (Å²) in [5.41, 5.74) is 2.56. The molecule has 33 heavy (non-hydrogen) atoms. The maximum absolute atomic E-state index is 13.0. The summed E-state index contributed by atoms with van der Waals surface area (Å²) in [6.07, 6.45) is 4.51. The van der Waals surface area contributed by atoms with Gasteiger partial charge >= 0.3 is 6.03 Å². The monoisotopic (exact) mass is 448 g/mol. The molecule has 1 heterocycles. The molecule has 3 rings (SSSR count). The number of carbonyl (C=O) groups excluding carboxylic acids is 2. The Morgan fingerprint density at radius 3 is 2.39 bits per heavy atom. The molecule has 0 saturated heterocycles. The van der Waals surface area contributed by atoms with Crippen molar-refractivity contribution < 1.29 is 14.0 Å². The van der Waals surface area contributed by atoms with Crippen molar-refractivity contribution in [1.29, 1.82) is 0 Å². The van der Waals surface area contributed by atoms with Crippen molar-refractivity contribution in [2.45, 2.75) is 39.7 Å². The molecule has 3 aromatic rings. The van der Waals surface area contributed by atoms with Crippen LogP contribution in [0.25, 0.3) is 0 Å². The van der Waals surface area contributed by atoms with Gasteiger partial charge in [0.15, 0.2) is 0 Å². The van der Waals surface area contributed by atoms with Crippen molar-refractivity contribution >= 4 is 29.0 Å². The number of urea groups is 1. The molecule has 3 N–H and O–H groups in total. The summed E-state index contributed by atoms with van der Waals surface area (Å²) in [5, 5.41) is 8.59. The molecule has 0 spiro atoms. The second kappa shape index (κ2) is 12.3. The molecule has 174 valence electrons. The maximum Gasteiger partial charge on any atom is 0.323 e. The van der Waals surface area contributed by atoms with Gasteiger partial charge in [-0.25, -0.2) is 4.79 Å². The average molecular weight is 449 g/mol. The van der Waals surface area contributed by atoms with Crippen LogP contribution in [0, 0.1) is 0 Å². The van der Waals surface area contributed by atoms with Crippen molar-refractivity contribution in [3.63, 3.8) is 0 Å². The Hall–Kier alpha value is -3.74. The van der Waals surface area contributed by atoms with Crippen LogP contribution in [0.2, 0.25) is 0 Å². The maximum atomic E-state index is 13.0. The summed E-state index contributed by atoms with van der Waals surface area (Å²) in [4.78, 5) is 27.7. The van der Waals surface area contributed by atoms with Gasteiger partial charge in [0.1, 0.15) is 5.76 Å². The van der Waals surface area contributed by atoms with E-state index in [2.05, 4.69) is 27.8 Å². The highest BCUT2D eigenvalue weighted by Crippen LogP contribution is 2.27. The largest absolute Gasteiger partial charge is 0.467 e. The minimum absolute atomic E-state index is 0.167. The lowest BCUT2D eigenvalue weighted by molar-refractivity contribution is 0.0954. The van der Waals surface area contributed by atoms with Gasteiger partial charge in [0, 0.05) is 24.5 Å². The van der Waals surface area contributed by atoms with Crippen molar-refractivity contribution in [2.75, 3.05) is 28.6 Å². The Labute approximate surface area is 195 Å². The fourth-order valence-corrected chi connectivity index (χ4v) is 3.44. The Balaban J connectivity index is 1.86. The summed E-state index contributed by atoms with van der Waals surface area (Å²) < 4.78 is 5.56. The van der Waals surface area contributed by atoms with Gasteiger partial charge < -0.3 is 25.3 Å². The van der Waals surface area contributed by atoms with E-state index in [4.69, 9.17) is 4.42 Å². The third-order valence-electron chi connectivity index (χ3n) is 5.12. The standard InChI is InChI=1S/C26H32N4O3/c1-3-5-16-30(19-22-12-9-17-33-22)24-14-13-21(18-23(24)25(31)27-15-4-2)29-26(32)28-20-10-7-6-8-11-20/h6-14,17-18H,3-5,15-16,19H2,1-2H3,(H,27,31)(H2,28,29,32). The fraction of sp³-hybridized carbons (Fsp3) is 0.308. The highest BCUT2D eigenvalue weighted by molar-refractivity contribution is 6.04. The Morgan fingerprint density at radius 1 is 0.909 bits per heavy atom. The molecule has 0 atom stereocenters. The van der Waals surface area contributed by atoms with Crippen LogP contribution in [0.15, 0.2) is 71.3 Å². The minimum Gasteiger partial charge on any atom is -0.467 e. The molecule has 0 saturated carbocycles. The Morgan fingerprint density at radius 2 is 1.70 bits per heavy atom. The average Bonchev–Trinajstić information content (AvgIpc) is 3.34. The molecule has 7 nitrogen and oxygen atoms in total. The van der Waals surface area contributed by atoms with Gasteiger partial charge in [-0.15, -0.1) is 0 Å². The van der Waals surface area contributed by atoms with E-state index in [0.717, 1.165) is 37.3 Å². The third kappa shape index (κ3) is 7.14. The molecule has 2 aromatic carbocycles. The van der Waals surface area contributed by atoms with Gasteiger partial charge in [0.25, 0.3) is 5.91 Å². The third-order valence-corrected chi connectivity index (χ3v) is 5.12. The van der Waals surface area contributed by atoms with E-state index in [9.17, 15) is 9.59 Å². The number of carbonyl (C=O) groups is 2. The fourth-order valence-electron chi connectivity index (χ4n) is 3.44. The zero-order valence-electron chi connectivity index (χ0n) is 19.3. The van der Waals surface area contributed by atoms with Crippen LogP contribution >= 0.6 is 0 Å². The topological polar surface area (TPSA) is 86.6 Å². The van der Waals surface area contributed by atoms with E-state index in [0.29, 0.717) is 30.0 Å². The molecule has 7 heteroatoms. The summed E-state index contributed by atoms with van der Waals surface area (Å²) in [6, 6.07) is 18.1. The van der Waals surface area contributed by atoms with Gasteiger partial charge in [-0.3, -0.25) is 4.79 Å². The van der Waals surface area contributed by atoms with Crippen LogP contribution in [-0.2, 0) is 6.54 Å². The summed E-state index contributed by atoms with van der Waals surface area (Å²) in [5.74, 6) is 0.662. The van der Waals surface area contributed by atoms with Crippen LogP contribution in [0.3, 0.4) is 0 Å². The molecule has 0 bridgehead atoms. The van der Waals surface area contributed by atoms with Gasteiger partial charge in [0.05, 0.1) is 24.1 Å². The zero-order chi connectivity index (χ0) is 23.5. The van der Waals surface area contributed by atoms with E-state index in [1.54, 1.807) is 12.3 Å². The number of benzene rings is 2. The summed E-state index contributed by atoms with van der Waals surface area (Å²) in [6.45, 7) is 6.07. The molecule has 0 aliphatic heterocycles. The lowest BCUT2D eigenvalue weighted by Gasteiger charge is -2.26. The van der Waals surface area contributed by atoms with Gasteiger partial charge in [0.2, 0.25) is 0 Å². The summed E-state index contributed by atoms with van der Waals surface area (Å²) in [7, 11) is 0. The highest BCUT2D eigenvalue weighted by Gasteiger charge is 2.19. The number of rotatable bonds is 11. The molecule has 0 unspecified atom stereocenters. The van der Waals surface area contributed by atoms with Crippen molar-refractivity contribution in [3.05, 3.63) is 78.3 Å². The smallest absolute Gasteiger partial charge is 0.323 e. The minimum atomic E-state index is -0.368. The number of amides is 3. The zero-order valence-corrected chi connectivity index (χ0v) is 19.3. The Bertz CT molecular complexity index is 1020. The number of para-hydroxylation sites is 1. The van der Waals surface area contributed by atoms with Crippen molar-refractivity contribution in [3.8, 4) is 0 Å². The van der Waals surface area contributed by atoms with Gasteiger partial charge in [-0.1, -0.05) is 38.5 Å². The summed E-state index contributed by atoms with van der Waals surface area (Å²) >= 11 is 0. The molecule has 0 radical (unpaired) electrons. The number of hydrogen-bond donors (Lipinski definition) is 3. The van der Waals surface area contributed by atoms with Crippen LogP contribution < -0.4 is 20.9 Å². The number of furan rings is 1. The predicted octanol–water partition coefficient (Wildman–Crippen LogP) is 5.87. The quantitative estimate of drug-likeness (QED) is 0.342. The van der Waals surface area contributed by atoms with Crippen molar-refractivity contribution in [2.24, 2.45) is 0 Å². The molecule has 0 fully saturated rings. The number of hydrogen-bond acceptors (Lipinski definition) is 4. The predicted molar refractivity (Wildman–Crippen MR) is 133 cm³/mol. The van der Waals surface area contributed by atoms with Crippen LogP contribution in [0.5, 0.6) is 0 Å². The number of anilines is 3. The van der Waals surface area contributed by atoms with Crippen molar-refractivity contribution in [1.82, 2.24) is 5.32 Å². The van der Waals surface area contributed by atoms with Crippen LogP contribution in [0.1, 0.15) is 49.2 Å². The van der Waals surface area contributed by atoms with Gasteiger partial charge in [-0.05, 0) is 55.3 Å². The second-order valence-corrected chi connectivity index (χ2v) is 7.79. The van der Waals surface area contributed by atoms with Crippen LogP contribution in [0.4, 0.5) is 21.9 Å². The lowest BCUT2D eigenvalue weighted by Crippen LogP contribution is -2.30. The molecular weight excluding hydrogens is 416 g/mol. The lowest BCUT2D eigenvalue weighted by atomic mass is 10.1. The van der Waals surface area contributed by atoms with Crippen LogP contribution in [-0.4, -0.2) is 25.0 Å². The first-order valence-corrected chi connectivity index (χ1v) is 11.4. The number of nitrogens with one attached hydrogen (secondary N) is 3. The first-order valence-electron chi connectivity index (χ1n) is 11.4. The normalized spacial score (nSPS) is 10.5. The van der Waals surface area contributed by atoms with Gasteiger partial charge in [-0.2, -0.15) is 0 Å². The first kappa shape index (κ1) is 23.9. The Kier molecular flexibility index (Phi) is 8.94. The SMILES string of the molecule is CCCCN(Cc1ccco1)c1ccc(NC(=O)Nc2ccccc2)cc1C(=O)NCCC. The van der Waals surface area contributed by atoms with E-state index in [1.807, 2.05) is 61.5 Å². The van der Waals surface area contributed by atoms with E-state index < -0.39 is 0 Å². The second-order valence-electron chi connectivity index (χ2n) is 7.79. The molecule has 1 aromatic heterocycles. The number of unbranched alkanes of at least 4 members (excludes halogenated alkanes) is 1. The molecule has 3 amide bonds.